The molecule has 0 fully saturated rings. The van der Waals surface area contributed by atoms with Crippen LogP contribution in [0.2, 0.25) is 5.02 Å². The molecule has 3 aromatic rings. The predicted octanol–water partition coefficient (Wildman–Crippen LogP) is 4.50. The average molecular weight is 331 g/mol. The van der Waals surface area contributed by atoms with Crippen molar-refractivity contribution in [3.05, 3.63) is 41.4 Å². The molecule has 2 aromatic carbocycles. The Balaban J connectivity index is 2.14. The molecule has 0 saturated heterocycles. The minimum Gasteiger partial charge on any atom is -0.497 e. The Kier molecular flexibility index (Phi) is 4.84. The zero-order valence-corrected chi connectivity index (χ0v) is 14.0. The zero-order valence-electron chi connectivity index (χ0n) is 13.2. The molecule has 0 aliphatic heterocycles. The van der Waals surface area contributed by atoms with Crippen molar-refractivity contribution in [3.63, 3.8) is 0 Å². The van der Waals surface area contributed by atoms with Crippen molar-refractivity contribution in [3.8, 4) is 5.75 Å². The van der Waals surface area contributed by atoms with Crippen LogP contribution in [0.5, 0.6) is 5.75 Å². The van der Waals surface area contributed by atoms with Gasteiger partial charge in [0.05, 0.1) is 23.8 Å². The maximum absolute atomic E-state index is 6.12. The molecule has 0 spiro atoms. The number of nitrogens with one attached hydrogen (secondary N) is 1. The summed E-state index contributed by atoms with van der Waals surface area (Å²) >= 11 is 6.12. The second-order valence-corrected chi connectivity index (χ2v) is 5.74. The van der Waals surface area contributed by atoms with Gasteiger partial charge in [0.25, 0.3) is 0 Å². The largest absolute Gasteiger partial charge is 0.497 e. The van der Waals surface area contributed by atoms with E-state index in [1.54, 1.807) is 14.2 Å². The normalized spacial score (nSPS) is 11.1. The van der Waals surface area contributed by atoms with Crippen LogP contribution in [0.3, 0.4) is 0 Å². The number of nitrogens with zero attached hydrogens (tertiary/aromatic N) is 1. The van der Waals surface area contributed by atoms with Gasteiger partial charge in [-0.2, -0.15) is 0 Å². The predicted molar refractivity (Wildman–Crippen MR) is 95.8 cm³/mol. The van der Waals surface area contributed by atoms with E-state index in [1.165, 1.54) is 0 Å². The van der Waals surface area contributed by atoms with Crippen molar-refractivity contribution in [2.24, 2.45) is 0 Å². The van der Waals surface area contributed by atoms with E-state index in [1.807, 2.05) is 36.4 Å². The Morgan fingerprint density at radius 3 is 2.70 bits per heavy atom. The van der Waals surface area contributed by atoms with Crippen LogP contribution in [-0.2, 0) is 4.74 Å². The van der Waals surface area contributed by atoms with Crippen LogP contribution < -0.4 is 10.1 Å². The van der Waals surface area contributed by atoms with Gasteiger partial charge in [-0.15, -0.1) is 0 Å². The number of rotatable bonds is 6. The van der Waals surface area contributed by atoms with E-state index in [4.69, 9.17) is 26.1 Å². The van der Waals surface area contributed by atoms with Crippen LogP contribution in [0, 0.1) is 0 Å². The Bertz CT molecular complexity index is 836. The fourth-order valence-electron chi connectivity index (χ4n) is 2.64. The quantitative estimate of drug-likeness (QED) is 0.534. The highest BCUT2D eigenvalue weighted by atomic mass is 35.5. The number of ether oxygens (including phenoxy) is 2. The van der Waals surface area contributed by atoms with E-state index in [0.29, 0.717) is 5.02 Å². The molecule has 1 heterocycles. The minimum atomic E-state index is 0.684. The van der Waals surface area contributed by atoms with E-state index >= 15 is 0 Å². The fourth-order valence-corrected chi connectivity index (χ4v) is 2.81. The van der Waals surface area contributed by atoms with Crippen LogP contribution in [0.15, 0.2) is 36.4 Å². The smallest absolute Gasteiger partial charge is 0.119 e. The van der Waals surface area contributed by atoms with E-state index in [9.17, 15) is 0 Å². The van der Waals surface area contributed by atoms with Gasteiger partial charge in [-0.25, -0.2) is 4.98 Å². The van der Waals surface area contributed by atoms with Gasteiger partial charge in [0.15, 0.2) is 0 Å². The summed E-state index contributed by atoms with van der Waals surface area (Å²) in [6, 6.07) is 11.7. The van der Waals surface area contributed by atoms with E-state index < -0.39 is 0 Å². The van der Waals surface area contributed by atoms with E-state index in [2.05, 4.69) is 5.32 Å². The molecule has 0 radical (unpaired) electrons. The number of pyridine rings is 1. The molecular formula is C18H19ClN2O2. The van der Waals surface area contributed by atoms with Crippen molar-refractivity contribution < 1.29 is 9.47 Å². The van der Waals surface area contributed by atoms with Gasteiger partial charge >= 0.3 is 0 Å². The van der Waals surface area contributed by atoms with Crippen molar-refractivity contribution >= 4 is 39.1 Å². The van der Waals surface area contributed by atoms with E-state index in [-0.39, 0.29) is 0 Å². The SMILES string of the molecule is COCCCNc1c2ccc(Cl)cc2nc2ccc(OC)cc12. The highest BCUT2D eigenvalue weighted by Gasteiger charge is 2.10. The fraction of sp³-hybridized carbons (Fsp3) is 0.278. The summed E-state index contributed by atoms with van der Waals surface area (Å²) in [4.78, 5) is 4.71. The Labute approximate surface area is 140 Å². The van der Waals surface area contributed by atoms with Crippen LogP contribution in [0.25, 0.3) is 21.8 Å². The number of hydrogen-bond acceptors (Lipinski definition) is 4. The first kappa shape index (κ1) is 15.8. The molecule has 23 heavy (non-hydrogen) atoms. The highest BCUT2D eigenvalue weighted by Crippen LogP contribution is 2.34. The number of hydrogen-bond donors (Lipinski definition) is 1. The number of aromatic nitrogens is 1. The molecule has 3 rings (SSSR count). The first-order chi connectivity index (χ1) is 11.2. The summed E-state index contributed by atoms with van der Waals surface area (Å²) in [6.45, 7) is 1.55. The second-order valence-electron chi connectivity index (χ2n) is 5.30. The number of methoxy groups -OCH3 is 2. The van der Waals surface area contributed by atoms with Crippen LogP contribution >= 0.6 is 11.6 Å². The third-order valence-corrected chi connectivity index (χ3v) is 4.01. The molecule has 1 aromatic heterocycles. The number of anilines is 1. The standard InChI is InChI=1S/C18H19ClN2O2/c1-22-9-3-8-20-18-14-6-4-12(19)10-17(14)21-16-7-5-13(23-2)11-15(16)18/h4-7,10-11H,3,8-9H2,1-2H3,(H,20,21). The minimum absolute atomic E-state index is 0.684. The third-order valence-electron chi connectivity index (χ3n) is 3.77. The lowest BCUT2D eigenvalue weighted by Gasteiger charge is -2.14. The molecule has 0 atom stereocenters. The monoisotopic (exact) mass is 330 g/mol. The molecule has 0 aliphatic rings. The van der Waals surface area contributed by atoms with Gasteiger partial charge in [0, 0.05) is 36.1 Å². The van der Waals surface area contributed by atoms with Crippen molar-refractivity contribution in [2.45, 2.75) is 6.42 Å². The number of halogens is 1. The molecule has 0 amide bonds. The van der Waals surface area contributed by atoms with Crippen molar-refractivity contribution in [1.29, 1.82) is 0 Å². The molecule has 0 saturated carbocycles. The first-order valence-electron chi connectivity index (χ1n) is 7.53. The average Bonchev–Trinajstić information content (AvgIpc) is 2.57. The second kappa shape index (κ2) is 7.02. The lowest BCUT2D eigenvalue weighted by atomic mass is 10.1. The van der Waals surface area contributed by atoms with Gasteiger partial charge in [-0.05, 0) is 42.8 Å². The Morgan fingerprint density at radius 2 is 1.91 bits per heavy atom. The molecule has 0 bridgehead atoms. The van der Waals surface area contributed by atoms with Crippen LogP contribution in [-0.4, -0.2) is 32.4 Å². The molecule has 0 aliphatic carbocycles. The molecule has 120 valence electrons. The summed E-state index contributed by atoms with van der Waals surface area (Å²) in [7, 11) is 3.38. The third kappa shape index (κ3) is 3.33. The van der Waals surface area contributed by atoms with E-state index in [0.717, 1.165) is 52.8 Å². The number of fused-ring (bicyclic) bond motifs is 2. The van der Waals surface area contributed by atoms with Gasteiger partial charge in [-0.1, -0.05) is 11.6 Å². The van der Waals surface area contributed by atoms with Gasteiger partial charge < -0.3 is 14.8 Å². The molecule has 5 heteroatoms. The summed E-state index contributed by atoms with van der Waals surface area (Å²) in [5.41, 5.74) is 2.84. The van der Waals surface area contributed by atoms with Crippen LogP contribution in [0.4, 0.5) is 5.69 Å². The topological polar surface area (TPSA) is 43.4 Å². The summed E-state index contributed by atoms with van der Waals surface area (Å²) in [6.07, 6.45) is 0.930. The Hall–Kier alpha value is -2.04. The van der Waals surface area contributed by atoms with Crippen molar-refractivity contribution in [1.82, 2.24) is 4.98 Å². The summed E-state index contributed by atoms with van der Waals surface area (Å²) in [5.74, 6) is 0.813. The van der Waals surface area contributed by atoms with Crippen molar-refractivity contribution in [2.75, 3.05) is 32.7 Å². The van der Waals surface area contributed by atoms with Gasteiger partial charge in [0.1, 0.15) is 5.75 Å². The van der Waals surface area contributed by atoms with Gasteiger partial charge in [0.2, 0.25) is 0 Å². The maximum atomic E-state index is 6.12. The highest BCUT2D eigenvalue weighted by molar-refractivity contribution is 6.31. The zero-order chi connectivity index (χ0) is 16.2. The molecule has 1 N–H and O–H groups in total. The molecule has 0 unspecified atom stereocenters. The summed E-state index contributed by atoms with van der Waals surface area (Å²) in [5, 5.41) is 6.29. The summed E-state index contributed by atoms with van der Waals surface area (Å²) < 4.78 is 10.5. The Morgan fingerprint density at radius 1 is 1.04 bits per heavy atom. The lowest BCUT2D eigenvalue weighted by molar-refractivity contribution is 0.198. The van der Waals surface area contributed by atoms with Gasteiger partial charge in [-0.3, -0.25) is 0 Å². The first-order valence-corrected chi connectivity index (χ1v) is 7.90. The lowest BCUT2D eigenvalue weighted by Crippen LogP contribution is -2.06. The molecular weight excluding hydrogens is 312 g/mol. The molecule has 4 nitrogen and oxygen atoms in total. The van der Waals surface area contributed by atoms with Crippen LogP contribution in [0.1, 0.15) is 6.42 Å². The number of benzene rings is 2. The maximum Gasteiger partial charge on any atom is 0.119 e.